The van der Waals surface area contributed by atoms with E-state index in [9.17, 15) is 0 Å². The average Bonchev–Trinajstić information content (AvgIpc) is 2.85. The molecule has 0 spiro atoms. The number of para-hydroxylation sites is 1. The third-order valence-corrected chi connectivity index (χ3v) is 2.88. The predicted octanol–water partition coefficient (Wildman–Crippen LogP) is -0.256. The maximum absolute atomic E-state index is 4.37. The minimum Gasteiger partial charge on any atom is -1.00 e. The van der Waals surface area contributed by atoms with Crippen molar-refractivity contribution in [3.05, 3.63) is 43.0 Å². The van der Waals surface area contributed by atoms with Crippen LogP contribution in [0.5, 0.6) is 0 Å². The van der Waals surface area contributed by atoms with Gasteiger partial charge in [0.05, 0.1) is 0 Å². The van der Waals surface area contributed by atoms with Crippen LogP contribution in [0, 0.1) is 0 Å². The van der Waals surface area contributed by atoms with E-state index in [0.29, 0.717) is 0 Å². The Bertz CT molecular complexity index is 439. The van der Waals surface area contributed by atoms with Gasteiger partial charge in [-0.1, -0.05) is 44.4 Å². The normalized spacial score (nSPS) is 10.1. The molecule has 0 aliphatic carbocycles. The topological polar surface area (TPSA) is 21.7 Å². The molecule has 18 heavy (non-hydrogen) atoms. The van der Waals surface area contributed by atoms with Crippen LogP contribution >= 0.6 is 0 Å². The number of rotatable bonds is 6. The molecule has 3 nitrogen and oxygen atoms in total. The monoisotopic (exact) mass is 309 g/mol. The molecule has 1 heterocycles. The number of halogens is 1. The first-order valence-electron chi connectivity index (χ1n) is 6.39. The molecule has 0 saturated heterocycles. The minimum absolute atomic E-state index is 0. The largest absolute Gasteiger partial charge is 1.00 e. The van der Waals surface area contributed by atoms with E-state index >= 15 is 0 Å². The van der Waals surface area contributed by atoms with Gasteiger partial charge in [0.25, 0.3) is 6.33 Å². The lowest BCUT2D eigenvalue weighted by Gasteiger charge is -1.95. The van der Waals surface area contributed by atoms with Gasteiger partial charge in [-0.25, -0.2) is 4.57 Å². The summed E-state index contributed by atoms with van der Waals surface area (Å²) in [6, 6.07) is 10.3. The molecule has 1 aromatic heterocycles. The summed E-state index contributed by atoms with van der Waals surface area (Å²) < 4.78 is 4.07. The summed E-state index contributed by atoms with van der Waals surface area (Å²) in [7, 11) is 0. The summed E-state index contributed by atoms with van der Waals surface area (Å²) in [6.07, 6.45) is 9.03. The molecule has 0 aliphatic rings. The van der Waals surface area contributed by atoms with Gasteiger partial charge in [0.2, 0.25) is 6.33 Å². The van der Waals surface area contributed by atoms with E-state index in [1.807, 2.05) is 29.2 Å². The Hall–Kier alpha value is -1.16. The highest BCUT2D eigenvalue weighted by Gasteiger charge is 2.06. The zero-order chi connectivity index (χ0) is 11.9. The Balaban J connectivity index is 0.00000162. The number of hydrogen-bond acceptors (Lipinski definition) is 1. The van der Waals surface area contributed by atoms with Crippen LogP contribution in [0.3, 0.4) is 0 Å². The lowest BCUT2D eigenvalue weighted by atomic mass is 10.2. The number of hydrogen-bond donors (Lipinski definition) is 0. The van der Waals surface area contributed by atoms with Crippen LogP contribution in [-0.4, -0.2) is 9.78 Å². The predicted molar refractivity (Wildman–Crippen MR) is 67.9 cm³/mol. The number of benzene rings is 1. The van der Waals surface area contributed by atoms with Gasteiger partial charge in [0.1, 0.15) is 12.2 Å². The second-order valence-corrected chi connectivity index (χ2v) is 4.31. The Labute approximate surface area is 119 Å². The van der Waals surface area contributed by atoms with Crippen molar-refractivity contribution >= 4 is 0 Å². The van der Waals surface area contributed by atoms with Crippen molar-refractivity contribution in [3.63, 3.8) is 0 Å². The van der Waals surface area contributed by atoms with Gasteiger partial charge >= 0.3 is 0 Å². The first kappa shape index (κ1) is 14.9. The Morgan fingerprint density at radius 1 is 1.11 bits per heavy atom. The van der Waals surface area contributed by atoms with Crippen molar-refractivity contribution in [1.29, 1.82) is 0 Å². The average molecular weight is 310 g/mol. The molecule has 2 rings (SSSR count). The third-order valence-electron chi connectivity index (χ3n) is 2.88. The van der Waals surface area contributed by atoms with Gasteiger partial charge in [-0.15, -0.1) is 4.68 Å². The lowest BCUT2D eigenvalue weighted by Crippen LogP contribution is -3.00. The Morgan fingerprint density at radius 3 is 2.61 bits per heavy atom. The van der Waals surface area contributed by atoms with Crippen LogP contribution < -0.4 is 21.5 Å². The molecule has 0 unspecified atom stereocenters. The molecule has 0 fully saturated rings. The second-order valence-electron chi connectivity index (χ2n) is 4.31. The van der Waals surface area contributed by atoms with Crippen LogP contribution in [0.25, 0.3) is 5.69 Å². The SMILES string of the molecule is CCCCCCn1c[n+](-c2ccccc2)cn1.[Br-]. The van der Waals surface area contributed by atoms with Gasteiger partial charge < -0.3 is 17.0 Å². The molecule has 0 aliphatic heterocycles. The number of unbranched alkanes of at least 4 members (excludes halogenated alkanes) is 3. The number of aromatic nitrogens is 3. The van der Waals surface area contributed by atoms with Crippen molar-refractivity contribution < 1.29 is 21.5 Å². The summed E-state index contributed by atoms with van der Waals surface area (Å²) in [5.41, 5.74) is 1.16. The van der Waals surface area contributed by atoms with Crippen molar-refractivity contribution in [2.45, 2.75) is 39.2 Å². The third kappa shape index (κ3) is 4.26. The van der Waals surface area contributed by atoms with Gasteiger partial charge in [-0.3, -0.25) is 0 Å². The van der Waals surface area contributed by atoms with E-state index in [1.54, 1.807) is 0 Å². The lowest BCUT2D eigenvalue weighted by molar-refractivity contribution is -0.596. The van der Waals surface area contributed by atoms with Gasteiger partial charge in [0.15, 0.2) is 0 Å². The molecule has 0 amide bonds. The van der Waals surface area contributed by atoms with Crippen LogP contribution in [0.15, 0.2) is 43.0 Å². The fourth-order valence-electron chi connectivity index (χ4n) is 1.87. The fourth-order valence-corrected chi connectivity index (χ4v) is 1.87. The van der Waals surface area contributed by atoms with E-state index in [1.165, 1.54) is 25.7 Å². The standard InChI is InChI=1S/C14H20N3.BrH/c1-2-3-4-8-11-17-13-16(12-15-17)14-9-6-5-7-10-14;/h5-7,9-10,12-13H,2-4,8,11H2,1H3;1H/q+1;/p-1. The molecule has 2 aromatic rings. The molecule has 0 saturated carbocycles. The summed E-state index contributed by atoms with van der Waals surface area (Å²) in [5, 5.41) is 4.37. The molecule has 0 atom stereocenters. The second kappa shape index (κ2) is 8.03. The number of nitrogens with zero attached hydrogens (tertiary/aromatic N) is 3. The fraction of sp³-hybridized carbons (Fsp3) is 0.429. The molecule has 0 radical (unpaired) electrons. The maximum Gasteiger partial charge on any atom is 0.270 e. The highest BCUT2D eigenvalue weighted by Crippen LogP contribution is 2.01. The first-order valence-corrected chi connectivity index (χ1v) is 6.39. The molecular weight excluding hydrogens is 290 g/mol. The Kier molecular flexibility index (Phi) is 6.65. The minimum atomic E-state index is 0. The van der Waals surface area contributed by atoms with Crippen LogP contribution in [0.1, 0.15) is 32.6 Å². The van der Waals surface area contributed by atoms with E-state index < -0.39 is 0 Å². The van der Waals surface area contributed by atoms with Crippen molar-refractivity contribution in [2.75, 3.05) is 0 Å². The number of aryl methyl sites for hydroxylation is 1. The smallest absolute Gasteiger partial charge is 0.270 e. The molecular formula is C14H20BrN3. The van der Waals surface area contributed by atoms with Gasteiger partial charge in [0, 0.05) is 5.10 Å². The van der Waals surface area contributed by atoms with E-state index in [-0.39, 0.29) is 17.0 Å². The van der Waals surface area contributed by atoms with Crippen LogP contribution in [-0.2, 0) is 6.54 Å². The summed E-state index contributed by atoms with van der Waals surface area (Å²) in [4.78, 5) is 0. The first-order chi connectivity index (χ1) is 8.40. The molecule has 4 heteroatoms. The quantitative estimate of drug-likeness (QED) is 0.532. The molecule has 1 aromatic carbocycles. The van der Waals surface area contributed by atoms with E-state index in [0.717, 1.165) is 12.2 Å². The highest BCUT2D eigenvalue weighted by molar-refractivity contribution is 5.20. The summed E-state index contributed by atoms with van der Waals surface area (Å²) >= 11 is 0. The molecule has 0 bridgehead atoms. The van der Waals surface area contributed by atoms with Gasteiger partial charge in [-0.2, -0.15) is 0 Å². The van der Waals surface area contributed by atoms with E-state index in [2.05, 4.69) is 35.0 Å². The molecule has 98 valence electrons. The maximum atomic E-state index is 4.37. The van der Waals surface area contributed by atoms with Crippen LogP contribution in [0.4, 0.5) is 0 Å². The highest BCUT2D eigenvalue weighted by atomic mass is 79.9. The summed E-state index contributed by atoms with van der Waals surface area (Å²) in [6.45, 7) is 3.25. The Morgan fingerprint density at radius 2 is 1.89 bits per heavy atom. The zero-order valence-corrected chi connectivity index (χ0v) is 12.4. The van der Waals surface area contributed by atoms with Crippen molar-refractivity contribution in [1.82, 2.24) is 9.78 Å². The van der Waals surface area contributed by atoms with Crippen molar-refractivity contribution in [3.8, 4) is 5.69 Å². The van der Waals surface area contributed by atoms with E-state index in [4.69, 9.17) is 0 Å². The van der Waals surface area contributed by atoms with Gasteiger partial charge in [-0.05, 0) is 18.6 Å². The molecule has 0 N–H and O–H groups in total. The summed E-state index contributed by atoms with van der Waals surface area (Å²) in [5.74, 6) is 0. The van der Waals surface area contributed by atoms with Crippen LogP contribution in [0.2, 0.25) is 0 Å². The zero-order valence-electron chi connectivity index (χ0n) is 10.8. The van der Waals surface area contributed by atoms with Crippen molar-refractivity contribution in [2.24, 2.45) is 0 Å².